The molecule has 1 amide bonds. The third-order valence-corrected chi connectivity index (χ3v) is 6.19. The van der Waals surface area contributed by atoms with Crippen molar-refractivity contribution in [2.45, 2.75) is 0 Å². The van der Waals surface area contributed by atoms with Gasteiger partial charge >= 0.3 is 0 Å². The van der Waals surface area contributed by atoms with Crippen molar-refractivity contribution in [1.82, 2.24) is 9.97 Å². The minimum Gasteiger partial charge on any atom is -0.491 e. The maximum atomic E-state index is 12.3. The van der Waals surface area contributed by atoms with E-state index in [0.717, 1.165) is 35.2 Å². The Morgan fingerprint density at radius 2 is 2.00 bits per heavy atom. The number of pyridine rings is 1. The molecule has 170 valence electrons. The number of nitrogens with two attached hydrogens (primary N) is 1. The largest absolute Gasteiger partial charge is 0.491 e. The summed E-state index contributed by atoms with van der Waals surface area (Å²) < 4.78 is 11.0. The van der Waals surface area contributed by atoms with Crippen LogP contribution in [0.4, 0.5) is 5.69 Å². The second-order valence-electron chi connectivity index (χ2n) is 7.78. The first kappa shape index (κ1) is 21.8. The lowest BCUT2D eigenvalue weighted by Gasteiger charge is -2.28. The van der Waals surface area contributed by atoms with E-state index in [1.807, 2.05) is 12.1 Å². The number of fused-ring (bicyclic) bond motifs is 3. The van der Waals surface area contributed by atoms with Gasteiger partial charge in [-0.25, -0.2) is 4.98 Å². The van der Waals surface area contributed by atoms with Gasteiger partial charge in [-0.3, -0.25) is 4.79 Å². The number of benzene rings is 2. The van der Waals surface area contributed by atoms with Crippen molar-refractivity contribution in [3.8, 4) is 17.0 Å². The van der Waals surface area contributed by atoms with E-state index in [-0.39, 0.29) is 0 Å². The highest BCUT2D eigenvalue weighted by atomic mass is 35.5. The van der Waals surface area contributed by atoms with Crippen molar-refractivity contribution >= 4 is 56.7 Å². The number of halogens is 2. The number of aromatic nitrogens is 2. The molecule has 3 heterocycles. The average molecular weight is 485 g/mol. The van der Waals surface area contributed by atoms with Gasteiger partial charge in [0.1, 0.15) is 12.4 Å². The first-order chi connectivity index (χ1) is 16.0. The number of aromatic amines is 1. The highest BCUT2D eigenvalue weighted by Gasteiger charge is 2.18. The average Bonchev–Trinajstić information content (AvgIpc) is 3.21. The second-order valence-corrected chi connectivity index (χ2v) is 8.57. The molecule has 9 heteroatoms. The summed E-state index contributed by atoms with van der Waals surface area (Å²) in [6, 6.07) is 13.2. The van der Waals surface area contributed by atoms with E-state index >= 15 is 0 Å². The van der Waals surface area contributed by atoms with Crippen LogP contribution >= 0.6 is 23.2 Å². The molecule has 0 unspecified atom stereocenters. The van der Waals surface area contributed by atoms with Crippen LogP contribution in [0.25, 0.3) is 33.2 Å². The molecule has 2 aromatic heterocycles. The summed E-state index contributed by atoms with van der Waals surface area (Å²) in [7, 11) is 0. The Morgan fingerprint density at radius 3 is 2.73 bits per heavy atom. The van der Waals surface area contributed by atoms with Crippen LogP contribution in [0.5, 0.6) is 5.75 Å². The molecule has 0 radical (unpaired) electrons. The van der Waals surface area contributed by atoms with Crippen LogP contribution in [0.2, 0.25) is 5.02 Å². The van der Waals surface area contributed by atoms with E-state index in [1.54, 1.807) is 18.2 Å². The van der Waals surface area contributed by atoms with Gasteiger partial charge in [0.25, 0.3) is 5.91 Å². The number of carbonyl (C=O) groups excluding carboxylic acids is 1. The maximum Gasteiger partial charge on any atom is 0.250 e. The molecule has 1 aliphatic rings. The van der Waals surface area contributed by atoms with Crippen LogP contribution in [0.3, 0.4) is 0 Å². The number of nitrogens with one attached hydrogen (secondary N) is 1. The van der Waals surface area contributed by atoms with Crippen molar-refractivity contribution in [3.63, 3.8) is 0 Å². The monoisotopic (exact) mass is 484 g/mol. The number of hydrogen-bond acceptors (Lipinski definition) is 5. The molecule has 0 saturated carbocycles. The zero-order valence-corrected chi connectivity index (χ0v) is 19.2. The number of amides is 1. The molecular weight excluding hydrogens is 463 g/mol. The number of rotatable bonds is 6. The van der Waals surface area contributed by atoms with Gasteiger partial charge in [0, 0.05) is 29.7 Å². The third kappa shape index (κ3) is 4.19. The maximum absolute atomic E-state index is 12.3. The molecular formula is C24H22Cl2N4O3. The smallest absolute Gasteiger partial charge is 0.250 e. The van der Waals surface area contributed by atoms with Crippen LogP contribution in [-0.4, -0.2) is 54.7 Å². The van der Waals surface area contributed by atoms with Gasteiger partial charge in [0.05, 0.1) is 51.9 Å². The van der Waals surface area contributed by atoms with E-state index in [9.17, 15) is 4.79 Å². The van der Waals surface area contributed by atoms with Crippen molar-refractivity contribution < 1.29 is 14.3 Å². The number of primary amides is 1. The van der Waals surface area contributed by atoms with Crippen molar-refractivity contribution in [3.05, 3.63) is 53.1 Å². The van der Waals surface area contributed by atoms with Crippen LogP contribution in [0.15, 0.2) is 42.5 Å². The van der Waals surface area contributed by atoms with E-state index < -0.39 is 5.91 Å². The fourth-order valence-corrected chi connectivity index (χ4v) is 4.44. The second kappa shape index (κ2) is 9.09. The topological polar surface area (TPSA) is 93.5 Å². The van der Waals surface area contributed by atoms with Crippen molar-refractivity contribution in [1.29, 1.82) is 0 Å². The summed E-state index contributed by atoms with van der Waals surface area (Å²) in [6.07, 6.45) is 0. The highest BCUT2D eigenvalue weighted by Crippen LogP contribution is 2.34. The molecule has 0 spiro atoms. The first-order valence-corrected chi connectivity index (χ1v) is 11.5. The van der Waals surface area contributed by atoms with Crippen LogP contribution in [0, 0.1) is 0 Å². The fraction of sp³-hybridized carbons (Fsp3) is 0.250. The number of morpholine rings is 1. The number of alkyl halides is 1. The molecule has 1 fully saturated rings. The zero-order valence-electron chi connectivity index (χ0n) is 17.7. The first-order valence-electron chi connectivity index (χ1n) is 10.6. The Kier molecular flexibility index (Phi) is 6.01. The molecule has 33 heavy (non-hydrogen) atoms. The van der Waals surface area contributed by atoms with E-state index in [0.29, 0.717) is 58.8 Å². The Balaban J connectivity index is 1.61. The van der Waals surface area contributed by atoms with E-state index in [4.69, 9.17) is 43.4 Å². The Labute approximate surface area is 200 Å². The van der Waals surface area contributed by atoms with Crippen molar-refractivity contribution in [2.24, 2.45) is 5.73 Å². The van der Waals surface area contributed by atoms with Gasteiger partial charge in [-0.2, -0.15) is 0 Å². The highest BCUT2D eigenvalue weighted by molar-refractivity contribution is 6.32. The number of nitrogens with zero attached hydrogens (tertiary/aromatic N) is 2. The van der Waals surface area contributed by atoms with Crippen molar-refractivity contribution in [2.75, 3.05) is 43.7 Å². The van der Waals surface area contributed by atoms with Crippen LogP contribution < -0.4 is 15.4 Å². The SMILES string of the molecule is NC(=O)c1cc(-c2ccc(OCCCl)c(Cl)c2)nc2c1[nH]c1cc(N3CCOCC3)ccc12. The Bertz CT molecular complexity index is 1350. The van der Waals surface area contributed by atoms with Gasteiger partial charge in [0.2, 0.25) is 0 Å². The number of ether oxygens (including phenoxy) is 2. The molecule has 0 aliphatic carbocycles. The normalized spacial score (nSPS) is 14.2. The quantitative estimate of drug-likeness (QED) is 0.390. The molecule has 1 saturated heterocycles. The molecule has 7 nitrogen and oxygen atoms in total. The molecule has 5 rings (SSSR count). The summed E-state index contributed by atoms with van der Waals surface area (Å²) in [5.74, 6) is 0.378. The molecule has 2 aromatic carbocycles. The van der Waals surface area contributed by atoms with Gasteiger partial charge < -0.3 is 25.1 Å². The van der Waals surface area contributed by atoms with Gasteiger partial charge in [-0.05, 0) is 42.5 Å². The van der Waals surface area contributed by atoms with Gasteiger partial charge in [0.15, 0.2) is 0 Å². The zero-order chi connectivity index (χ0) is 22.9. The fourth-order valence-electron chi connectivity index (χ4n) is 4.13. The molecule has 0 atom stereocenters. The Hall–Kier alpha value is -3.00. The molecule has 1 aliphatic heterocycles. The van der Waals surface area contributed by atoms with Crippen LogP contribution in [0.1, 0.15) is 10.4 Å². The van der Waals surface area contributed by atoms with Gasteiger partial charge in [-0.15, -0.1) is 11.6 Å². The number of anilines is 1. The molecule has 4 aromatic rings. The minimum absolute atomic E-state index is 0.360. The predicted octanol–water partition coefficient (Wildman–Crippen LogP) is 4.59. The summed E-state index contributed by atoms with van der Waals surface area (Å²) in [5.41, 5.74) is 10.7. The summed E-state index contributed by atoms with van der Waals surface area (Å²) in [5, 5.41) is 1.36. The lowest BCUT2D eigenvalue weighted by atomic mass is 10.1. The minimum atomic E-state index is -0.531. The number of H-pyrrole nitrogens is 1. The summed E-state index contributed by atoms with van der Waals surface area (Å²) >= 11 is 12.1. The molecule has 0 bridgehead atoms. The Morgan fingerprint density at radius 1 is 1.18 bits per heavy atom. The van der Waals surface area contributed by atoms with Crippen LogP contribution in [-0.2, 0) is 4.74 Å². The van der Waals surface area contributed by atoms with E-state index in [1.165, 1.54) is 0 Å². The number of hydrogen-bond donors (Lipinski definition) is 2. The standard InChI is InChI=1S/C24H22Cl2N4O3/c25-5-8-33-21-4-1-14(11-18(21)26)19-13-17(24(27)31)23-22(28-19)16-3-2-15(12-20(16)29-23)30-6-9-32-10-7-30/h1-4,11-13,29H,5-10H2,(H2,27,31). The lowest BCUT2D eigenvalue weighted by Crippen LogP contribution is -2.36. The lowest BCUT2D eigenvalue weighted by molar-refractivity contribution is 0.100. The molecule has 3 N–H and O–H groups in total. The summed E-state index contributed by atoms with van der Waals surface area (Å²) in [4.78, 5) is 22.8. The third-order valence-electron chi connectivity index (χ3n) is 5.74. The van der Waals surface area contributed by atoms with Gasteiger partial charge in [-0.1, -0.05) is 11.6 Å². The number of carbonyl (C=O) groups is 1. The summed E-state index contributed by atoms with van der Waals surface area (Å²) in [6.45, 7) is 3.45. The van der Waals surface area contributed by atoms with E-state index in [2.05, 4.69) is 22.0 Å². The predicted molar refractivity (Wildman–Crippen MR) is 132 cm³/mol.